The second kappa shape index (κ2) is 33.5. The van der Waals surface area contributed by atoms with E-state index in [0.717, 1.165) is 125 Å². The molecule has 10 aromatic carbocycles. The number of aliphatic hydroxyl groups is 2. The van der Waals surface area contributed by atoms with Crippen molar-refractivity contribution in [1.29, 1.82) is 0 Å². The van der Waals surface area contributed by atoms with Gasteiger partial charge in [-0.05, 0) is 274 Å². The van der Waals surface area contributed by atoms with Crippen LogP contribution in [-0.4, -0.2) is 40.2 Å². The third-order valence-electron chi connectivity index (χ3n) is 25.1. The number of aromatic hydroxyl groups is 4. The zero-order valence-electron chi connectivity index (χ0n) is 80.0. The first-order chi connectivity index (χ1) is 51.4. The van der Waals surface area contributed by atoms with E-state index in [1.807, 2.05) is 0 Å². The molecule has 0 fully saturated rings. The molecule has 10 aromatic rings. The Balaban J connectivity index is 0.00000620. The molecule has 0 saturated heterocycles. The quantitative estimate of drug-likeness (QED) is 0.0346. The maximum Gasteiger partial charge on any atom is 0.267 e. The molecule has 0 amide bonds. The summed E-state index contributed by atoms with van der Waals surface area (Å²) in [5, 5.41) is 37.5. The zero-order valence-corrected chi connectivity index (χ0v) is 83.5. The minimum absolute atomic E-state index is 0. The summed E-state index contributed by atoms with van der Waals surface area (Å²) in [4.78, 5) is 0. The summed E-state index contributed by atoms with van der Waals surface area (Å²) in [6, 6.07) is 56.4. The average molecular weight is 1660 g/mol. The summed E-state index contributed by atoms with van der Waals surface area (Å²) < 4.78 is 12.2. The van der Waals surface area contributed by atoms with Gasteiger partial charge in [-0.3, -0.25) is 0 Å². The SMILES string of the molecule is CC(C)[Si](C[OH+]c1ccc(C(C)(C)CC(C)(C)C)cc1-c1cc(C(C)(C)CC(C)(C)C)cc(-c2c3cc(C(C)(C)C)ccc3cc3ccc(C(C)(C)C)cc23)c1O)(C[OH+]c1ccc(C(C)(C)CC(C)(C)C)cc1-c1cc(C(C)(C)CC(C)(C)C)cc(-c2c3cc(C(C)(C)C)ccc3cc3ccc(C(C)(C)C)cc23)c1O)C(C)C.[CH3-].[CH3-].[Zr]. The van der Waals surface area contributed by atoms with Crippen LogP contribution in [0.25, 0.3) is 87.6 Å². The molecule has 116 heavy (non-hydrogen) atoms. The number of rotatable bonds is 20. The Morgan fingerprint density at radius 3 is 0.707 bits per heavy atom. The van der Waals surface area contributed by atoms with Crippen LogP contribution in [0.5, 0.6) is 23.0 Å². The van der Waals surface area contributed by atoms with Crippen LogP contribution < -0.4 is 0 Å². The summed E-state index contributed by atoms with van der Waals surface area (Å²) in [5.41, 5.74) is 16.4. The molecule has 0 spiro atoms. The Labute approximate surface area is 727 Å². The topological polar surface area (TPSA) is 66.1 Å². The monoisotopic (exact) mass is 1660 g/mol. The van der Waals surface area contributed by atoms with Crippen LogP contribution >= 0.6 is 0 Å². The van der Waals surface area contributed by atoms with Gasteiger partial charge in [0, 0.05) is 71.7 Å². The van der Waals surface area contributed by atoms with Crippen LogP contribution in [0.3, 0.4) is 0 Å². The minimum Gasteiger partial charge on any atom is -0.585 e. The van der Waals surface area contributed by atoms with Crippen molar-refractivity contribution in [2.75, 3.05) is 12.5 Å². The molecule has 0 heterocycles. The van der Waals surface area contributed by atoms with E-state index >= 15 is 0 Å². The Morgan fingerprint density at radius 2 is 0.483 bits per heavy atom. The van der Waals surface area contributed by atoms with Crippen LogP contribution in [0.2, 0.25) is 11.1 Å². The normalized spacial score (nSPS) is 13.6. The van der Waals surface area contributed by atoms with Crippen LogP contribution in [0.1, 0.15) is 319 Å². The predicted octanol–water partition coefficient (Wildman–Crippen LogP) is 32.9. The molecular weight excluding hydrogens is 1500 g/mol. The molecule has 628 valence electrons. The van der Waals surface area contributed by atoms with Crippen molar-refractivity contribution < 1.29 is 45.9 Å². The van der Waals surface area contributed by atoms with Crippen LogP contribution in [0.4, 0.5) is 0 Å². The number of ether oxygens (including phenoxy) is 2. The van der Waals surface area contributed by atoms with Gasteiger partial charge in [0.1, 0.15) is 11.5 Å². The first-order valence-electron chi connectivity index (χ1n) is 42.8. The number of hydrogen-bond donors (Lipinski definition) is 2. The van der Waals surface area contributed by atoms with Crippen LogP contribution in [0, 0.1) is 36.5 Å². The fraction of sp³-hybridized carbons (Fsp3) is 0.509. The molecule has 0 saturated carbocycles. The Hall–Kier alpha value is -6.46. The summed E-state index contributed by atoms with van der Waals surface area (Å²) in [5.74, 6) is 2.34. The molecule has 0 aliphatic heterocycles. The standard InChI is InChI=1S/C108H148O4Si.2CH3.Zr/c1-67(2)113(68(3)4,65-111-91-47-45-77(105(29,30)61-97(5,6)7)55-85(91)87-57-79(107(33,34)63-99(11,12)13)59-89(95(87)109)93-81-51-73(101(17,18)19)41-37-69(81)49-70-38-42-74(52-82(70)93)102(20,21)22)66-112-92-48-46-78(106(31,32)62-98(8,9)10)56-86(92)88-58-80(108(35,36)64-100(14,15)16)60-90(96(88)110)94-83-53-75(103(23,24)25)43-39-71(83)50-72-40-44-76(54-84(72)94)104(26,27)28;;;/h37-60,67-68,109-110H,61-66H2,1-36H3;2*1H3;/q;2*-1;/p+2. The van der Waals surface area contributed by atoms with E-state index in [4.69, 9.17) is 9.47 Å². The van der Waals surface area contributed by atoms with Crippen molar-refractivity contribution in [1.82, 2.24) is 0 Å². The largest absolute Gasteiger partial charge is 0.585 e. The molecule has 10 rings (SSSR count). The number of hydrogen-bond acceptors (Lipinski definition) is 2. The number of phenols is 2. The molecule has 0 unspecified atom stereocenters. The first-order valence-corrected chi connectivity index (χ1v) is 45.4. The van der Waals surface area contributed by atoms with E-state index in [0.29, 0.717) is 12.5 Å². The van der Waals surface area contributed by atoms with Gasteiger partial charge in [-0.25, -0.2) is 0 Å². The van der Waals surface area contributed by atoms with Gasteiger partial charge < -0.3 is 34.5 Å². The van der Waals surface area contributed by atoms with Gasteiger partial charge in [0.2, 0.25) is 0 Å². The van der Waals surface area contributed by atoms with E-state index in [1.165, 1.54) is 44.5 Å². The summed E-state index contributed by atoms with van der Waals surface area (Å²) in [7, 11) is -2.68. The molecule has 0 radical (unpaired) electrons. The van der Waals surface area contributed by atoms with E-state index in [2.05, 4.69) is 395 Å². The van der Waals surface area contributed by atoms with Gasteiger partial charge in [-0.1, -0.05) is 298 Å². The molecule has 4 N–H and O–H groups in total. The molecular formula is C110H156O4SiZr. The Kier molecular flexibility index (Phi) is 27.9. The molecule has 0 aliphatic carbocycles. The van der Waals surface area contributed by atoms with Crippen molar-refractivity contribution in [3.8, 4) is 67.5 Å². The molecule has 0 aliphatic rings. The molecule has 4 nitrogen and oxygen atoms in total. The predicted molar refractivity (Wildman–Crippen MR) is 513 cm³/mol. The fourth-order valence-corrected chi connectivity index (χ4v) is 23.6. The van der Waals surface area contributed by atoms with Crippen LogP contribution in [0.15, 0.2) is 146 Å². The van der Waals surface area contributed by atoms with Crippen LogP contribution in [-0.2, 0) is 69.5 Å². The van der Waals surface area contributed by atoms with Gasteiger partial charge in [-0.2, -0.15) is 0 Å². The average Bonchev–Trinajstić information content (AvgIpc) is 0.731. The number of phenolic OH excluding ortho intramolecular Hbond substituents is 2. The van der Waals surface area contributed by atoms with Crippen molar-refractivity contribution in [2.45, 2.75) is 329 Å². The zero-order chi connectivity index (χ0) is 84.4. The number of fused-ring (bicyclic) bond motifs is 4. The maximum absolute atomic E-state index is 14.2. The molecule has 6 heteroatoms. The summed E-state index contributed by atoms with van der Waals surface area (Å²) >= 11 is 0. The van der Waals surface area contributed by atoms with E-state index in [-0.39, 0.29) is 129 Å². The number of benzene rings is 10. The first kappa shape index (κ1) is 96.7. The van der Waals surface area contributed by atoms with Gasteiger partial charge in [0.05, 0.1) is 11.1 Å². The van der Waals surface area contributed by atoms with Gasteiger partial charge in [-0.15, -0.1) is 0 Å². The van der Waals surface area contributed by atoms with E-state index in [1.54, 1.807) is 0 Å². The molecule has 0 bridgehead atoms. The third kappa shape index (κ3) is 21.3. The Bertz CT molecular complexity index is 4730. The third-order valence-corrected chi connectivity index (χ3v) is 31.2. The second-order valence-corrected chi connectivity index (χ2v) is 52.6. The van der Waals surface area contributed by atoms with Gasteiger partial charge >= 0.3 is 0 Å². The fourth-order valence-electron chi connectivity index (χ4n) is 19.8. The molecule has 0 aromatic heterocycles. The van der Waals surface area contributed by atoms with E-state index in [9.17, 15) is 10.2 Å². The second-order valence-electron chi connectivity index (χ2n) is 47.2. The van der Waals surface area contributed by atoms with Crippen molar-refractivity contribution in [3.05, 3.63) is 205 Å². The summed E-state index contributed by atoms with van der Waals surface area (Å²) in [6.45, 7) is 84.9. The summed E-state index contributed by atoms with van der Waals surface area (Å²) in [6.07, 6.45) is 5.01. The smallest absolute Gasteiger partial charge is 0.267 e. The molecule has 0 atom stereocenters. The van der Waals surface area contributed by atoms with Crippen molar-refractivity contribution in [3.63, 3.8) is 0 Å². The Morgan fingerprint density at radius 1 is 0.267 bits per heavy atom. The van der Waals surface area contributed by atoms with Gasteiger partial charge in [0.15, 0.2) is 12.5 Å². The van der Waals surface area contributed by atoms with E-state index < -0.39 is 8.07 Å². The van der Waals surface area contributed by atoms with Crippen molar-refractivity contribution in [2.24, 2.45) is 21.7 Å². The maximum atomic E-state index is 14.2. The minimum atomic E-state index is -2.68. The van der Waals surface area contributed by atoms with Gasteiger partial charge in [0.25, 0.3) is 19.6 Å². The van der Waals surface area contributed by atoms with Crippen molar-refractivity contribution >= 4 is 51.2 Å².